The van der Waals surface area contributed by atoms with Crippen molar-refractivity contribution in [1.82, 2.24) is 15.5 Å². The molecule has 1 heterocycles. The molecule has 0 saturated heterocycles. The van der Waals surface area contributed by atoms with E-state index in [1.165, 1.54) is 19.2 Å². The number of benzene rings is 3. The normalized spacial score (nSPS) is 11.1. The molecule has 4 aromatic rings. The number of methoxy groups -OCH3 is 3. The summed E-state index contributed by atoms with van der Waals surface area (Å²) in [5.41, 5.74) is 3.33. The van der Waals surface area contributed by atoms with Crippen LogP contribution in [-0.2, 0) is 6.54 Å². The molecule has 0 bridgehead atoms. The van der Waals surface area contributed by atoms with Gasteiger partial charge in [0.1, 0.15) is 23.1 Å². The lowest BCUT2D eigenvalue weighted by Gasteiger charge is -2.13. The Hall–Kier alpha value is -4.33. The molecule has 34 heavy (non-hydrogen) atoms. The van der Waals surface area contributed by atoms with Gasteiger partial charge in [-0.1, -0.05) is 18.2 Å². The number of fused-ring (bicyclic) bond motifs is 1. The first kappa shape index (κ1) is 22.8. The number of aromatic nitrogens is 2. The molecular formula is C26H24FN3O4. The van der Waals surface area contributed by atoms with Gasteiger partial charge in [0.25, 0.3) is 5.91 Å². The number of hydrogen-bond donors (Lipinski definition) is 2. The van der Waals surface area contributed by atoms with E-state index in [1.54, 1.807) is 44.6 Å². The maximum absolute atomic E-state index is 13.2. The lowest BCUT2D eigenvalue weighted by atomic mass is 10.1. The smallest absolute Gasteiger partial charge is 0.255 e. The Labute approximate surface area is 196 Å². The monoisotopic (exact) mass is 461 g/mol. The Morgan fingerprint density at radius 3 is 2.50 bits per heavy atom. The number of ether oxygens (including phenoxy) is 3. The summed E-state index contributed by atoms with van der Waals surface area (Å²) < 4.78 is 29.4. The Morgan fingerprint density at radius 1 is 1.00 bits per heavy atom. The first-order chi connectivity index (χ1) is 16.5. The van der Waals surface area contributed by atoms with Crippen LogP contribution in [0.2, 0.25) is 0 Å². The zero-order valence-corrected chi connectivity index (χ0v) is 19.0. The van der Waals surface area contributed by atoms with Crippen molar-refractivity contribution in [1.29, 1.82) is 0 Å². The zero-order valence-electron chi connectivity index (χ0n) is 19.0. The summed E-state index contributed by atoms with van der Waals surface area (Å²) in [5, 5.41) is 10.9. The summed E-state index contributed by atoms with van der Waals surface area (Å²) in [6.45, 7) is 0.260. The number of rotatable bonds is 8. The molecule has 0 aliphatic heterocycles. The summed E-state index contributed by atoms with van der Waals surface area (Å²) in [5.74, 6) is 1.09. The minimum Gasteiger partial charge on any atom is -0.497 e. The minimum atomic E-state index is -0.300. The number of hydrogen-bond acceptors (Lipinski definition) is 5. The molecule has 3 aromatic carbocycles. The summed E-state index contributed by atoms with van der Waals surface area (Å²) in [6.07, 6.45) is 3.64. The molecule has 0 aliphatic rings. The van der Waals surface area contributed by atoms with Crippen molar-refractivity contribution >= 4 is 29.0 Å². The average molecular weight is 461 g/mol. The first-order valence-electron chi connectivity index (χ1n) is 10.5. The van der Waals surface area contributed by atoms with Crippen LogP contribution < -0.4 is 19.5 Å². The van der Waals surface area contributed by atoms with Crippen molar-refractivity contribution < 1.29 is 23.4 Å². The number of nitrogens with one attached hydrogen (secondary N) is 2. The van der Waals surface area contributed by atoms with Gasteiger partial charge in [0.15, 0.2) is 0 Å². The highest BCUT2D eigenvalue weighted by Crippen LogP contribution is 2.32. The fraction of sp³-hybridized carbons (Fsp3) is 0.154. The van der Waals surface area contributed by atoms with Crippen molar-refractivity contribution in [3.05, 3.63) is 82.8 Å². The van der Waals surface area contributed by atoms with Crippen LogP contribution in [-0.4, -0.2) is 37.4 Å². The Kier molecular flexibility index (Phi) is 6.77. The van der Waals surface area contributed by atoms with Crippen LogP contribution in [0.15, 0.2) is 54.6 Å². The number of nitrogens with zero attached hydrogens (tertiary/aromatic N) is 1. The van der Waals surface area contributed by atoms with Gasteiger partial charge in [-0.3, -0.25) is 9.89 Å². The molecule has 7 nitrogen and oxygen atoms in total. The topological polar surface area (TPSA) is 85.5 Å². The first-order valence-corrected chi connectivity index (χ1v) is 10.5. The van der Waals surface area contributed by atoms with E-state index in [0.717, 1.165) is 11.1 Å². The Bertz CT molecular complexity index is 1350. The predicted molar refractivity (Wildman–Crippen MR) is 129 cm³/mol. The van der Waals surface area contributed by atoms with Crippen molar-refractivity contribution in [3.63, 3.8) is 0 Å². The quantitative estimate of drug-likeness (QED) is 0.393. The third kappa shape index (κ3) is 4.71. The van der Waals surface area contributed by atoms with Gasteiger partial charge in [-0.25, -0.2) is 4.39 Å². The Balaban J connectivity index is 1.61. The molecule has 0 aliphatic carbocycles. The summed E-state index contributed by atoms with van der Waals surface area (Å²) in [6, 6.07) is 15.0. The van der Waals surface area contributed by atoms with E-state index >= 15 is 0 Å². The van der Waals surface area contributed by atoms with Gasteiger partial charge in [-0.05, 0) is 48.0 Å². The average Bonchev–Trinajstić information content (AvgIpc) is 3.29. The van der Waals surface area contributed by atoms with Crippen LogP contribution in [0.5, 0.6) is 17.2 Å². The number of halogens is 1. The highest BCUT2D eigenvalue weighted by molar-refractivity contribution is 6.05. The molecule has 2 N–H and O–H groups in total. The summed E-state index contributed by atoms with van der Waals surface area (Å²) in [7, 11) is 4.66. The summed E-state index contributed by atoms with van der Waals surface area (Å²) >= 11 is 0. The van der Waals surface area contributed by atoms with Gasteiger partial charge in [-0.15, -0.1) is 0 Å². The van der Waals surface area contributed by atoms with Crippen molar-refractivity contribution in [2.24, 2.45) is 0 Å². The zero-order chi connectivity index (χ0) is 24.1. The minimum absolute atomic E-state index is 0.260. The van der Waals surface area contributed by atoms with Crippen LogP contribution in [0.3, 0.4) is 0 Å². The molecule has 0 radical (unpaired) electrons. The molecule has 174 valence electrons. The van der Waals surface area contributed by atoms with Gasteiger partial charge in [0, 0.05) is 18.2 Å². The highest BCUT2D eigenvalue weighted by atomic mass is 19.1. The van der Waals surface area contributed by atoms with E-state index in [0.29, 0.717) is 39.4 Å². The van der Waals surface area contributed by atoms with E-state index < -0.39 is 0 Å². The van der Waals surface area contributed by atoms with Gasteiger partial charge in [0.2, 0.25) is 0 Å². The molecule has 0 unspecified atom stereocenters. The fourth-order valence-electron chi connectivity index (χ4n) is 3.64. The second-order valence-corrected chi connectivity index (χ2v) is 7.42. The standard InChI is InChI=1S/C26H24FN3O4/c1-32-19-10-7-17(23(14-19)33-2)15-28-26(31)20-11-13-22-24(25(20)34-3)21(29-30-22)12-6-16-4-8-18(27)9-5-16/h4-14H,15H2,1-3H3,(H,28,31)(H,29,30)/b12-6+. The van der Waals surface area contributed by atoms with Crippen LogP contribution in [0.4, 0.5) is 4.39 Å². The van der Waals surface area contributed by atoms with Gasteiger partial charge in [0.05, 0.1) is 43.5 Å². The fourth-order valence-corrected chi connectivity index (χ4v) is 3.64. The number of amides is 1. The van der Waals surface area contributed by atoms with Crippen molar-refractivity contribution in [3.8, 4) is 17.2 Å². The second kappa shape index (κ2) is 10.1. The lowest BCUT2D eigenvalue weighted by Crippen LogP contribution is -2.23. The van der Waals surface area contributed by atoms with Gasteiger partial charge in [-0.2, -0.15) is 5.10 Å². The third-order valence-electron chi connectivity index (χ3n) is 5.40. The lowest BCUT2D eigenvalue weighted by molar-refractivity contribution is 0.0948. The van der Waals surface area contributed by atoms with E-state index in [9.17, 15) is 9.18 Å². The highest BCUT2D eigenvalue weighted by Gasteiger charge is 2.19. The number of H-pyrrole nitrogens is 1. The molecule has 1 aromatic heterocycles. The SMILES string of the molecule is COc1ccc(CNC(=O)c2ccc3n[nH]c(/C=C/c4ccc(F)cc4)c3c2OC)c(OC)c1. The number of aromatic amines is 1. The van der Waals surface area contributed by atoms with E-state index in [1.807, 2.05) is 24.3 Å². The Morgan fingerprint density at radius 2 is 1.79 bits per heavy atom. The van der Waals surface area contributed by atoms with Crippen LogP contribution in [0.1, 0.15) is 27.2 Å². The molecular weight excluding hydrogens is 437 g/mol. The van der Waals surface area contributed by atoms with E-state index in [-0.39, 0.29) is 18.3 Å². The molecule has 8 heteroatoms. The van der Waals surface area contributed by atoms with E-state index in [4.69, 9.17) is 14.2 Å². The molecule has 0 atom stereocenters. The van der Waals surface area contributed by atoms with Crippen molar-refractivity contribution in [2.75, 3.05) is 21.3 Å². The van der Waals surface area contributed by atoms with Crippen LogP contribution in [0, 0.1) is 5.82 Å². The maximum atomic E-state index is 13.2. The molecule has 0 fully saturated rings. The molecule has 4 rings (SSSR count). The largest absolute Gasteiger partial charge is 0.497 e. The molecule has 0 spiro atoms. The van der Waals surface area contributed by atoms with Crippen molar-refractivity contribution in [2.45, 2.75) is 6.54 Å². The summed E-state index contributed by atoms with van der Waals surface area (Å²) in [4.78, 5) is 13.1. The van der Waals surface area contributed by atoms with Crippen LogP contribution >= 0.6 is 0 Å². The van der Waals surface area contributed by atoms with Gasteiger partial charge < -0.3 is 19.5 Å². The van der Waals surface area contributed by atoms with Crippen LogP contribution in [0.25, 0.3) is 23.1 Å². The number of carbonyl (C=O) groups is 1. The maximum Gasteiger partial charge on any atom is 0.255 e. The number of carbonyl (C=O) groups excluding carboxylic acids is 1. The molecule has 0 saturated carbocycles. The predicted octanol–water partition coefficient (Wildman–Crippen LogP) is 4.83. The van der Waals surface area contributed by atoms with Gasteiger partial charge >= 0.3 is 0 Å². The second-order valence-electron chi connectivity index (χ2n) is 7.42. The molecule has 1 amide bonds. The van der Waals surface area contributed by atoms with E-state index in [2.05, 4.69) is 15.5 Å². The third-order valence-corrected chi connectivity index (χ3v) is 5.40.